The SMILES string of the molecule is CCOC(=O)C(C)Oc1ccc(/C=N/NC(=O)C(NC(=O)c2cccc(Cl)c2)C(C)C)cc1. The summed E-state index contributed by atoms with van der Waals surface area (Å²) in [5, 5.41) is 7.12. The van der Waals surface area contributed by atoms with Crippen LogP contribution in [0.25, 0.3) is 0 Å². The van der Waals surface area contributed by atoms with Crippen molar-refractivity contribution in [3.05, 3.63) is 64.7 Å². The lowest BCUT2D eigenvalue weighted by Crippen LogP contribution is -2.48. The summed E-state index contributed by atoms with van der Waals surface area (Å²) in [4.78, 5) is 36.7. The summed E-state index contributed by atoms with van der Waals surface area (Å²) in [5.74, 6) is -0.947. The number of hydrogen-bond acceptors (Lipinski definition) is 6. The molecule has 9 heteroatoms. The molecule has 2 aromatic carbocycles. The quantitative estimate of drug-likeness (QED) is 0.311. The Morgan fingerprint density at radius 3 is 2.39 bits per heavy atom. The van der Waals surface area contributed by atoms with E-state index < -0.39 is 29.9 Å². The first-order valence-corrected chi connectivity index (χ1v) is 10.9. The lowest BCUT2D eigenvalue weighted by atomic mass is 10.0. The van der Waals surface area contributed by atoms with Gasteiger partial charge in [-0.05, 0) is 67.8 Å². The van der Waals surface area contributed by atoms with Crippen LogP contribution in [0, 0.1) is 5.92 Å². The summed E-state index contributed by atoms with van der Waals surface area (Å²) in [6.45, 7) is 7.27. The van der Waals surface area contributed by atoms with Gasteiger partial charge in [0, 0.05) is 10.6 Å². The maximum atomic E-state index is 12.6. The van der Waals surface area contributed by atoms with Gasteiger partial charge in [0.15, 0.2) is 6.10 Å². The smallest absolute Gasteiger partial charge is 0.347 e. The van der Waals surface area contributed by atoms with Gasteiger partial charge in [-0.1, -0.05) is 31.5 Å². The third-order valence-corrected chi connectivity index (χ3v) is 4.76. The molecular formula is C24H28ClN3O5. The number of carbonyl (C=O) groups excluding carboxylic acids is 3. The van der Waals surface area contributed by atoms with E-state index in [9.17, 15) is 14.4 Å². The van der Waals surface area contributed by atoms with Crippen LogP contribution in [0.2, 0.25) is 5.02 Å². The molecule has 0 aliphatic rings. The van der Waals surface area contributed by atoms with Gasteiger partial charge in [0.25, 0.3) is 11.8 Å². The van der Waals surface area contributed by atoms with E-state index in [0.29, 0.717) is 21.9 Å². The van der Waals surface area contributed by atoms with Crippen molar-refractivity contribution in [1.29, 1.82) is 0 Å². The highest BCUT2D eigenvalue weighted by molar-refractivity contribution is 6.31. The molecule has 2 amide bonds. The monoisotopic (exact) mass is 473 g/mol. The molecule has 0 bridgehead atoms. The van der Waals surface area contributed by atoms with E-state index in [1.165, 1.54) is 12.3 Å². The molecule has 0 heterocycles. The molecule has 0 aliphatic heterocycles. The molecule has 0 spiro atoms. The fourth-order valence-corrected chi connectivity index (χ4v) is 2.96. The van der Waals surface area contributed by atoms with Gasteiger partial charge in [0.05, 0.1) is 12.8 Å². The van der Waals surface area contributed by atoms with Gasteiger partial charge in [0.1, 0.15) is 11.8 Å². The highest BCUT2D eigenvalue weighted by Gasteiger charge is 2.24. The van der Waals surface area contributed by atoms with Gasteiger partial charge >= 0.3 is 5.97 Å². The minimum Gasteiger partial charge on any atom is -0.479 e. The highest BCUT2D eigenvalue weighted by atomic mass is 35.5. The lowest BCUT2D eigenvalue weighted by Gasteiger charge is -2.20. The number of benzene rings is 2. The van der Waals surface area contributed by atoms with Crippen LogP contribution in [-0.2, 0) is 14.3 Å². The van der Waals surface area contributed by atoms with Crippen molar-refractivity contribution in [2.24, 2.45) is 11.0 Å². The first-order valence-electron chi connectivity index (χ1n) is 10.5. The number of nitrogens with zero attached hydrogens (tertiary/aromatic N) is 1. The number of carbonyl (C=O) groups is 3. The fourth-order valence-electron chi connectivity index (χ4n) is 2.77. The molecule has 2 N–H and O–H groups in total. The van der Waals surface area contributed by atoms with Crippen molar-refractivity contribution in [1.82, 2.24) is 10.7 Å². The normalized spacial score (nSPS) is 12.8. The van der Waals surface area contributed by atoms with E-state index >= 15 is 0 Å². The first-order chi connectivity index (χ1) is 15.7. The number of hydrogen-bond donors (Lipinski definition) is 2. The Kier molecular flexibility index (Phi) is 9.87. The van der Waals surface area contributed by atoms with Crippen LogP contribution >= 0.6 is 11.6 Å². The van der Waals surface area contributed by atoms with E-state index in [4.69, 9.17) is 21.1 Å². The van der Waals surface area contributed by atoms with Crippen LogP contribution in [-0.4, -0.2) is 42.8 Å². The van der Waals surface area contributed by atoms with Gasteiger partial charge in [-0.2, -0.15) is 5.10 Å². The van der Waals surface area contributed by atoms with Gasteiger partial charge in [0.2, 0.25) is 0 Å². The van der Waals surface area contributed by atoms with E-state index in [-0.39, 0.29) is 12.5 Å². The minimum atomic E-state index is -0.784. The van der Waals surface area contributed by atoms with Crippen molar-refractivity contribution >= 4 is 35.6 Å². The maximum absolute atomic E-state index is 12.6. The van der Waals surface area contributed by atoms with Crippen LogP contribution in [0.3, 0.4) is 0 Å². The molecule has 0 saturated heterocycles. The molecule has 8 nitrogen and oxygen atoms in total. The van der Waals surface area contributed by atoms with Gasteiger partial charge in [-0.25, -0.2) is 10.2 Å². The Morgan fingerprint density at radius 1 is 1.09 bits per heavy atom. The molecule has 2 aromatic rings. The number of halogens is 1. The second kappa shape index (κ2) is 12.6. The number of nitrogens with one attached hydrogen (secondary N) is 2. The lowest BCUT2D eigenvalue weighted by molar-refractivity contribution is -0.150. The summed E-state index contributed by atoms with van der Waals surface area (Å²) >= 11 is 5.93. The van der Waals surface area contributed by atoms with Crippen molar-refractivity contribution < 1.29 is 23.9 Å². The number of ether oxygens (including phenoxy) is 2. The van der Waals surface area contributed by atoms with Gasteiger partial charge in [-0.15, -0.1) is 0 Å². The zero-order valence-corrected chi connectivity index (χ0v) is 19.8. The molecule has 2 unspecified atom stereocenters. The third kappa shape index (κ3) is 8.23. The van der Waals surface area contributed by atoms with E-state index in [2.05, 4.69) is 15.8 Å². The molecule has 176 valence electrons. The largest absolute Gasteiger partial charge is 0.479 e. The standard InChI is InChI=1S/C24H28ClN3O5/c1-5-32-24(31)16(4)33-20-11-9-17(10-12-20)14-26-28-23(30)21(15(2)3)27-22(29)18-7-6-8-19(25)13-18/h6-16,21H,5H2,1-4H3,(H,27,29)(H,28,30)/b26-14+. The van der Waals surface area contributed by atoms with Crippen LogP contribution in [0.15, 0.2) is 53.6 Å². The van der Waals surface area contributed by atoms with E-state index in [0.717, 1.165) is 0 Å². The predicted molar refractivity (Wildman–Crippen MR) is 126 cm³/mol. The molecule has 0 saturated carbocycles. The predicted octanol–water partition coefficient (Wildman–Crippen LogP) is 3.58. The number of hydrazone groups is 1. The zero-order valence-electron chi connectivity index (χ0n) is 19.0. The average molecular weight is 474 g/mol. The summed E-state index contributed by atoms with van der Waals surface area (Å²) in [5.41, 5.74) is 3.52. The Bertz CT molecular complexity index is 992. The van der Waals surface area contributed by atoms with Gasteiger partial charge < -0.3 is 14.8 Å². The summed E-state index contributed by atoms with van der Waals surface area (Å²) < 4.78 is 10.4. The number of esters is 1. The second-order valence-electron chi connectivity index (χ2n) is 7.52. The summed E-state index contributed by atoms with van der Waals surface area (Å²) in [6, 6.07) is 12.5. The molecule has 0 fully saturated rings. The Hall–Kier alpha value is -3.39. The maximum Gasteiger partial charge on any atom is 0.347 e. The van der Waals surface area contributed by atoms with Crippen LogP contribution in [0.1, 0.15) is 43.6 Å². The molecule has 2 rings (SSSR count). The Labute approximate surface area is 198 Å². The minimum absolute atomic E-state index is 0.166. The van der Waals surface area contributed by atoms with E-state index in [1.54, 1.807) is 56.3 Å². The van der Waals surface area contributed by atoms with Crippen molar-refractivity contribution in [2.75, 3.05) is 6.61 Å². The van der Waals surface area contributed by atoms with Crippen LogP contribution in [0.5, 0.6) is 5.75 Å². The summed E-state index contributed by atoms with van der Waals surface area (Å²) in [7, 11) is 0. The molecule has 2 atom stereocenters. The molecule has 0 radical (unpaired) electrons. The molecule has 0 aliphatic carbocycles. The van der Waals surface area contributed by atoms with Crippen molar-refractivity contribution in [3.8, 4) is 5.75 Å². The van der Waals surface area contributed by atoms with Crippen LogP contribution in [0.4, 0.5) is 0 Å². The Balaban J connectivity index is 1.93. The average Bonchev–Trinajstić information content (AvgIpc) is 2.78. The van der Waals surface area contributed by atoms with Crippen molar-refractivity contribution in [3.63, 3.8) is 0 Å². The number of amides is 2. The molecule has 33 heavy (non-hydrogen) atoms. The summed E-state index contributed by atoms with van der Waals surface area (Å²) in [6.07, 6.45) is 0.742. The molecule has 0 aromatic heterocycles. The van der Waals surface area contributed by atoms with Gasteiger partial charge in [-0.3, -0.25) is 9.59 Å². The van der Waals surface area contributed by atoms with Crippen molar-refractivity contribution in [2.45, 2.75) is 39.8 Å². The number of rotatable bonds is 10. The second-order valence-corrected chi connectivity index (χ2v) is 7.96. The first kappa shape index (κ1) is 25.9. The highest BCUT2D eigenvalue weighted by Crippen LogP contribution is 2.14. The Morgan fingerprint density at radius 2 is 1.79 bits per heavy atom. The zero-order chi connectivity index (χ0) is 24.4. The van der Waals surface area contributed by atoms with E-state index in [1.807, 2.05) is 13.8 Å². The topological polar surface area (TPSA) is 106 Å². The van der Waals surface area contributed by atoms with Crippen LogP contribution < -0.4 is 15.5 Å². The molecular weight excluding hydrogens is 446 g/mol. The fraction of sp³-hybridized carbons (Fsp3) is 0.333. The third-order valence-electron chi connectivity index (χ3n) is 4.52.